The van der Waals surface area contributed by atoms with Crippen molar-refractivity contribution in [3.05, 3.63) is 0 Å². The summed E-state index contributed by atoms with van der Waals surface area (Å²) in [5.41, 5.74) is 2.98. The summed E-state index contributed by atoms with van der Waals surface area (Å²) in [4.78, 5) is 0. The Balaban J connectivity index is 3.26. The second-order valence-electron chi connectivity index (χ2n) is 1.16. The molecule has 0 aromatic carbocycles. The zero-order valence-electron chi connectivity index (χ0n) is 4.52. The molecule has 0 atom stereocenters. The fourth-order valence-electron chi connectivity index (χ4n) is 0.161. The van der Waals surface area contributed by atoms with E-state index in [4.69, 9.17) is 5.41 Å². The number of nitrogens with zero attached hydrogens (tertiary/aromatic N) is 1. The van der Waals surface area contributed by atoms with Crippen LogP contribution in [0.5, 0.6) is 0 Å². The Morgan fingerprint density at radius 2 is 2.43 bits per heavy atom. The SMILES string of the molecule is CNN=CC(C)=N. The molecule has 7 heavy (non-hydrogen) atoms. The van der Waals surface area contributed by atoms with Gasteiger partial charge in [-0.25, -0.2) is 0 Å². The molecule has 0 radical (unpaired) electrons. The lowest BCUT2D eigenvalue weighted by Crippen LogP contribution is -1.98. The zero-order chi connectivity index (χ0) is 5.70. The summed E-state index contributed by atoms with van der Waals surface area (Å²) in [5.74, 6) is 0. The molecule has 0 unspecified atom stereocenters. The fraction of sp³-hybridized carbons (Fsp3) is 0.500. The quantitative estimate of drug-likeness (QED) is 0.378. The zero-order valence-corrected chi connectivity index (χ0v) is 4.52. The largest absolute Gasteiger partial charge is 0.313 e. The Hall–Kier alpha value is -0.860. The van der Waals surface area contributed by atoms with Crippen LogP contribution in [0.15, 0.2) is 5.10 Å². The van der Waals surface area contributed by atoms with Gasteiger partial charge >= 0.3 is 0 Å². The number of rotatable bonds is 2. The summed E-state index contributed by atoms with van der Waals surface area (Å²) in [5, 5.41) is 10.4. The molecule has 0 amide bonds. The maximum atomic E-state index is 6.81. The molecule has 2 N–H and O–H groups in total. The van der Waals surface area contributed by atoms with Gasteiger partial charge in [-0.1, -0.05) is 0 Å². The molecule has 0 saturated carbocycles. The van der Waals surface area contributed by atoms with Crippen molar-refractivity contribution in [3.8, 4) is 0 Å². The smallest absolute Gasteiger partial charge is 0.0672 e. The molecular formula is C4H9N3. The third-order valence-corrected chi connectivity index (χ3v) is 0.387. The molecule has 3 nitrogen and oxygen atoms in total. The van der Waals surface area contributed by atoms with Gasteiger partial charge in [0.15, 0.2) is 0 Å². The van der Waals surface area contributed by atoms with Gasteiger partial charge in [0, 0.05) is 12.8 Å². The second-order valence-corrected chi connectivity index (χ2v) is 1.16. The van der Waals surface area contributed by atoms with Crippen molar-refractivity contribution < 1.29 is 0 Å². The summed E-state index contributed by atoms with van der Waals surface area (Å²) in [6, 6.07) is 0. The van der Waals surface area contributed by atoms with Crippen LogP contribution in [0.1, 0.15) is 6.92 Å². The van der Waals surface area contributed by atoms with Gasteiger partial charge in [0.2, 0.25) is 0 Å². The molecule has 0 heterocycles. The molecule has 40 valence electrons. The van der Waals surface area contributed by atoms with Crippen LogP contribution in [0.2, 0.25) is 0 Å². The second kappa shape index (κ2) is 3.33. The van der Waals surface area contributed by atoms with E-state index >= 15 is 0 Å². The highest BCUT2D eigenvalue weighted by molar-refractivity contribution is 6.27. The van der Waals surface area contributed by atoms with E-state index in [9.17, 15) is 0 Å². The first-order valence-corrected chi connectivity index (χ1v) is 2.02. The van der Waals surface area contributed by atoms with Gasteiger partial charge in [0.05, 0.1) is 6.21 Å². The maximum Gasteiger partial charge on any atom is 0.0672 e. The lowest BCUT2D eigenvalue weighted by Gasteiger charge is -1.81. The van der Waals surface area contributed by atoms with Gasteiger partial charge in [0.1, 0.15) is 0 Å². The summed E-state index contributed by atoms with van der Waals surface area (Å²) in [7, 11) is 1.69. The third-order valence-electron chi connectivity index (χ3n) is 0.387. The van der Waals surface area contributed by atoms with Crippen molar-refractivity contribution in [1.29, 1.82) is 5.41 Å². The van der Waals surface area contributed by atoms with E-state index in [1.807, 2.05) is 0 Å². The Kier molecular flexibility index (Phi) is 2.92. The first-order valence-electron chi connectivity index (χ1n) is 2.02. The van der Waals surface area contributed by atoms with E-state index in [2.05, 4.69) is 10.5 Å². The van der Waals surface area contributed by atoms with Crippen LogP contribution < -0.4 is 5.43 Å². The summed E-state index contributed by atoms with van der Waals surface area (Å²) < 4.78 is 0. The van der Waals surface area contributed by atoms with Gasteiger partial charge in [-0.3, -0.25) is 0 Å². The van der Waals surface area contributed by atoms with E-state index in [0.29, 0.717) is 5.71 Å². The lowest BCUT2D eigenvalue weighted by atomic mass is 10.5. The normalized spacial score (nSPS) is 9.43. The molecule has 0 aromatic rings. The highest BCUT2D eigenvalue weighted by Crippen LogP contribution is 1.57. The van der Waals surface area contributed by atoms with Crippen LogP contribution in [-0.2, 0) is 0 Å². The van der Waals surface area contributed by atoms with Crippen LogP contribution in [0.4, 0.5) is 0 Å². The van der Waals surface area contributed by atoms with Crippen molar-refractivity contribution >= 4 is 11.9 Å². The molecule has 0 aromatic heterocycles. The molecular weight excluding hydrogens is 90.1 g/mol. The topological polar surface area (TPSA) is 48.2 Å². The van der Waals surface area contributed by atoms with Gasteiger partial charge in [-0.05, 0) is 6.92 Å². The van der Waals surface area contributed by atoms with Crippen molar-refractivity contribution in [3.63, 3.8) is 0 Å². The maximum absolute atomic E-state index is 6.81. The highest BCUT2D eigenvalue weighted by Gasteiger charge is 1.70. The summed E-state index contributed by atoms with van der Waals surface area (Å²) >= 11 is 0. The molecule has 0 aliphatic heterocycles. The Labute approximate surface area is 42.9 Å². The fourth-order valence-corrected chi connectivity index (χ4v) is 0.161. The number of hydrogen-bond donors (Lipinski definition) is 2. The number of nitrogens with one attached hydrogen (secondary N) is 2. The van der Waals surface area contributed by atoms with Crippen molar-refractivity contribution in [2.75, 3.05) is 7.05 Å². The average molecular weight is 99.1 g/mol. The summed E-state index contributed by atoms with van der Waals surface area (Å²) in [6.07, 6.45) is 1.44. The Morgan fingerprint density at radius 1 is 1.86 bits per heavy atom. The van der Waals surface area contributed by atoms with Gasteiger partial charge in [-0.2, -0.15) is 5.10 Å². The average Bonchev–Trinajstić information content (AvgIpc) is 1.61. The lowest BCUT2D eigenvalue weighted by molar-refractivity contribution is 0.910. The highest BCUT2D eigenvalue weighted by atomic mass is 15.3. The van der Waals surface area contributed by atoms with Crippen LogP contribution in [0.3, 0.4) is 0 Å². The minimum atomic E-state index is 0.453. The van der Waals surface area contributed by atoms with Crippen LogP contribution >= 0.6 is 0 Å². The van der Waals surface area contributed by atoms with E-state index in [0.717, 1.165) is 0 Å². The molecule has 0 bridgehead atoms. The van der Waals surface area contributed by atoms with E-state index in [1.54, 1.807) is 14.0 Å². The van der Waals surface area contributed by atoms with Gasteiger partial charge < -0.3 is 10.8 Å². The van der Waals surface area contributed by atoms with Crippen LogP contribution in [0, 0.1) is 5.41 Å². The van der Waals surface area contributed by atoms with Crippen molar-refractivity contribution in [1.82, 2.24) is 5.43 Å². The Morgan fingerprint density at radius 3 is 2.57 bits per heavy atom. The summed E-state index contributed by atoms with van der Waals surface area (Å²) in [6.45, 7) is 1.67. The minimum absolute atomic E-state index is 0.453. The van der Waals surface area contributed by atoms with Gasteiger partial charge in [0.25, 0.3) is 0 Å². The molecule has 3 heteroatoms. The predicted molar refractivity (Wildman–Crippen MR) is 31.0 cm³/mol. The number of hydrazone groups is 1. The van der Waals surface area contributed by atoms with Crippen LogP contribution in [-0.4, -0.2) is 19.0 Å². The number of hydrogen-bond acceptors (Lipinski definition) is 3. The predicted octanol–water partition coefficient (Wildman–Crippen LogP) is 0.231. The van der Waals surface area contributed by atoms with Crippen molar-refractivity contribution in [2.45, 2.75) is 6.92 Å². The molecule has 0 aliphatic rings. The van der Waals surface area contributed by atoms with E-state index in [1.165, 1.54) is 6.21 Å². The first kappa shape index (κ1) is 6.14. The van der Waals surface area contributed by atoms with Gasteiger partial charge in [-0.15, -0.1) is 0 Å². The van der Waals surface area contributed by atoms with Crippen LogP contribution in [0.25, 0.3) is 0 Å². The molecule has 0 fully saturated rings. The molecule has 0 aliphatic carbocycles. The molecule has 0 rings (SSSR count). The molecule has 0 spiro atoms. The standard InChI is InChI=1S/C4H9N3/c1-4(5)3-7-6-2/h3,5-6H,1-2H3. The van der Waals surface area contributed by atoms with E-state index in [-0.39, 0.29) is 0 Å². The minimum Gasteiger partial charge on any atom is -0.313 e. The Bertz CT molecular complexity index is 84.9. The third kappa shape index (κ3) is 5.14. The first-order chi connectivity index (χ1) is 3.27. The van der Waals surface area contributed by atoms with E-state index < -0.39 is 0 Å². The van der Waals surface area contributed by atoms with Crippen molar-refractivity contribution in [2.24, 2.45) is 5.10 Å². The molecule has 0 saturated heterocycles. The monoisotopic (exact) mass is 99.1 g/mol.